The van der Waals surface area contributed by atoms with Crippen LogP contribution in [-0.4, -0.2) is 11.7 Å². The second-order valence-corrected chi connectivity index (χ2v) is 6.62. The molecule has 20 heavy (non-hydrogen) atoms. The summed E-state index contributed by atoms with van der Waals surface area (Å²) in [5.74, 6) is 0.494. The van der Waals surface area contributed by atoms with Crippen LogP contribution in [0.3, 0.4) is 0 Å². The Kier molecular flexibility index (Phi) is 3.22. The number of thiophene rings is 1. The number of fused-ring (bicyclic) bond motifs is 1. The van der Waals surface area contributed by atoms with Crippen LogP contribution in [0.15, 0.2) is 39.4 Å². The first-order valence-corrected chi connectivity index (χ1v) is 7.32. The van der Waals surface area contributed by atoms with Crippen LogP contribution in [0.2, 0.25) is 0 Å². The van der Waals surface area contributed by atoms with Gasteiger partial charge in [-0.05, 0) is 29.3 Å². The fraction of sp³-hybridized carbons (Fsp3) is 0.333. The van der Waals surface area contributed by atoms with Crippen molar-refractivity contribution < 1.29 is 14.0 Å². The van der Waals surface area contributed by atoms with Gasteiger partial charge in [0, 0.05) is 12.0 Å². The lowest BCUT2D eigenvalue weighted by atomic mass is 9.76. The molecule has 0 aliphatic heterocycles. The minimum atomic E-state index is -0.416. The smallest absolute Gasteiger partial charge is 0.375 e. The molecule has 0 amide bonds. The maximum absolute atomic E-state index is 11.8. The van der Waals surface area contributed by atoms with Crippen molar-refractivity contribution in [2.75, 3.05) is 0 Å². The maximum Gasteiger partial charge on any atom is 0.375 e. The van der Waals surface area contributed by atoms with Gasteiger partial charge in [-0.2, -0.15) is 0 Å². The van der Waals surface area contributed by atoms with E-state index in [1.807, 2.05) is 17.5 Å². The molecule has 0 unspecified atom stereocenters. The van der Waals surface area contributed by atoms with E-state index < -0.39 is 5.97 Å². The van der Waals surface area contributed by atoms with E-state index in [9.17, 15) is 4.79 Å². The highest BCUT2D eigenvalue weighted by Gasteiger charge is 2.32. The summed E-state index contributed by atoms with van der Waals surface area (Å²) in [6, 6.07) is 5.41. The predicted octanol–water partition coefficient (Wildman–Crippen LogP) is 3.87. The first-order valence-electron chi connectivity index (χ1n) is 6.44. The lowest BCUT2D eigenvalue weighted by molar-refractivity contribution is 0.0519. The maximum atomic E-state index is 11.8. The molecule has 4 nitrogen and oxygen atoms in total. The third-order valence-electron chi connectivity index (χ3n) is 3.30. The molecule has 0 spiro atoms. The highest BCUT2D eigenvalue weighted by Crippen LogP contribution is 2.35. The van der Waals surface area contributed by atoms with Crippen molar-refractivity contribution in [2.45, 2.75) is 26.7 Å². The molecule has 104 valence electrons. The average molecular weight is 289 g/mol. The minimum Gasteiger partial charge on any atom is -0.469 e. The first-order chi connectivity index (χ1) is 9.55. The van der Waals surface area contributed by atoms with Crippen molar-refractivity contribution >= 4 is 23.0 Å². The summed E-state index contributed by atoms with van der Waals surface area (Å²) in [6.45, 7) is 4.30. The first kappa shape index (κ1) is 13.1. The molecule has 1 aliphatic carbocycles. The normalized spacial score (nSPS) is 18.8. The molecule has 0 N–H and O–H groups in total. The van der Waals surface area contributed by atoms with Crippen LogP contribution in [0.4, 0.5) is 0 Å². The number of rotatable bonds is 2. The second kappa shape index (κ2) is 4.90. The van der Waals surface area contributed by atoms with E-state index in [1.54, 1.807) is 12.3 Å². The molecule has 2 aromatic rings. The zero-order valence-corrected chi connectivity index (χ0v) is 12.2. The van der Waals surface area contributed by atoms with Crippen LogP contribution in [0, 0.1) is 5.41 Å². The third kappa shape index (κ3) is 2.54. The number of carbonyl (C=O) groups excluding carboxylic acids is 1. The highest BCUT2D eigenvalue weighted by atomic mass is 32.1. The Morgan fingerprint density at radius 3 is 3.00 bits per heavy atom. The molecule has 0 radical (unpaired) electrons. The van der Waals surface area contributed by atoms with Crippen molar-refractivity contribution in [3.05, 3.63) is 46.0 Å². The van der Waals surface area contributed by atoms with Gasteiger partial charge in [0.2, 0.25) is 0 Å². The van der Waals surface area contributed by atoms with Gasteiger partial charge in [0.1, 0.15) is 10.6 Å². The number of carbonyl (C=O) groups is 1. The lowest BCUT2D eigenvalue weighted by Gasteiger charge is -2.28. The SMILES string of the molecule is CC1(C)C/C(=N/OC(=O)c2cccs2)c2ccoc2C1. The second-order valence-electron chi connectivity index (χ2n) is 5.67. The van der Waals surface area contributed by atoms with Crippen LogP contribution < -0.4 is 0 Å². The monoisotopic (exact) mass is 289 g/mol. The molecule has 3 rings (SSSR count). The summed E-state index contributed by atoms with van der Waals surface area (Å²) in [7, 11) is 0. The van der Waals surface area contributed by atoms with Gasteiger partial charge in [-0.1, -0.05) is 25.1 Å². The van der Waals surface area contributed by atoms with E-state index in [0.717, 1.165) is 29.9 Å². The summed E-state index contributed by atoms with van der Waals surface area (Å²) >= 11 is 1.34. The van der Waals surface area contributed by atoms with E-state index in [-0.39, 0.29) is 5.41 Å². The topological polar surface area (TPSA) is 51.8 Å². The highest BCUT2D eigenvalue weighted by molar-refractivity contribution is 7.11. The van der Waals surface area contributed by atoms with Gasteiger partial charge in [-0.15, -0.1) is 11.3 Å². The van der Waals surface area contributed by atoms with E-state index >= 15 is 0 Å². The molecule has 0 aromatic carbocycles. The molecular weight excluding hydrogens is 274 g/mol. The number of hydrogen-bond acceptors (Lipinski definition) is 5. The number of hydrogen-bond donors (Lipinski definition) is 0. The molecule has 2 aromatic heterocycles. The van der Waals surface area contributed by atoms with Crippen molar-refractivity contribution in [1.82, 2.24) is 0 Å². The molecule has 2 heterocycles. The standard InChI is InChI=1S/C15H15NO3S/c1-15(2)8-11(10-5-6-18-12(10)9-15)16-19-14(17)13-4-3-7-20-13/h3-7H,8-9H2,1-2H3/b16-11-. The van der Waals surface area contributed by atoms with Crippen LogP contribution in [0.5, 0.6) is 0 Å². The number of furan rings is 1. The lowest BCUT2D eigenvalue weighted by Crippen LogP contribution is -2.26. The molecular formula is C15H15NO3S. The van der Waals surface area contributed by atoms with Crippen LogP contribution >= 0.6 is 11.3 Å². The van der Waals surface area contributed by atoms with Gasteiger partial charge in [-0.25, -0.2) is 4.79 Å². The Morgan fingerprint density at radius 1 is 1.40 bits per heavy atom. The number of oxime groups is 1. The van der Waals surface area contributed by atoms with E-state index in [1.165, 1.54) is 11.3 Å². The van der Waals surface area contributed by atoms with Crippen molar-refractivity contribution in [3.8, 4) is 0 Å². The van der Waals surface area contributed by atoms with Crippen LogP contribution in [0.25, 0.3) is 0 Å². The summed E-state index contributed by atoms with van der Waals surface area (Å²) in [5, 5.41) is 5.90. The summed E-state index contributed by atoms with van der Waals surface area (Å²) in [4.78, 5) is 17.4. The van der Waals surface area contributed by atoms with Gasteiger partial charge in [0.05, 0.1) is 12.0 Å². The average Bonchev–Trinajstić information content (AvgIpc) is 3.04. The van der Waals surface area contributed by atoms with E-state index in [4.69, 9.17) is 9.25 Å². The third-order valence-corrected chi connectivity index (χ3v) is 4.15. The molecule has 0 saturated heterocycles. The fourth-order valence-corrected chi connectivity index (χ4v) is 2.99. The van der Waals surface area contributed by atoms with Gasteiger partial charge in [0.15, 0.2) is 0 Å². The van der Waals surface area contributed by atoms with Crippen molar-refractivity contribution in [1.29, 1.82) is 0 Å². The molecule has 0 atom stereocenters. The minimum absolute atomic E-state index is 0.0546. The fourth-order valence-electron chi connectivity index (χ4n) is 2.40. The number of nitrogens with zero attached hydrogens (tertiary/aromatic N) is 1. The summed E-state index contributed by atoms with van der Waals surface area (Å²) in [6.07, 6.45) is 3.28. The van der Waals surface area contributed by atoms with Gasteiger partial charge in [0.25, 0.3) is 0 Å². The van der Waals surface area contributed by atoms with Gasteiger partial charge >= 0.3 is 5.97 Å². The largest absolute Gasteiger partial charge is 0.469 e. The summed E-state index contributed by atoms with van der Waals surface area (Å²) in [5.41, 5.74) is 1.78. The Labute approximate surface area is 121 Å². The van der Waals surface area contributed by atoms with Crippen LogP contribution in [-0.2, 0) is 11.3 Å². The predicted molar refractivity (Wildman–Crippen MR) is 77.1 cm³/mol. The van der Waals surface area contributed by atoms with E-state index in [0.29, 0.717) is 4.88 Å². The Morgan fingerprint density at radius 2 is 2.25 bits per heavy atom. The Bertz CT molecular complexity index is 652. The van der Waals surface area contributed by atoms with Gasteiger partial charge in [-0.3, -0.25) is 0 Å². The molecule has 1 aliphatic rings. The quantitative estimate of drug-likeness (QED) is 0.623. The Hall–Kier alpha value is -1.88. The zero-order valence-electron chi connectivity index (χ0n) is 11.4. The van der Waals surface area contributed by atoms with Crippen LogP contribution in [0.1, 0.15) is 41.3 Å². The molecule has 5 heteroatoms. The van der Waals surface area contributed by atoms with Crippen molar-refractivity contribution in [3.63, 3.8) is 0 Å². The van der Waals surface area contributed by atoms with Gasteiger partial charge < -0.3 is 9.25 Å². The molecule has 0 bridgehead atoms. The van der Waals surface area contributed by atoms with Crippen molar-refractivity contribution in [2.24, 2.45) is 10.6 Å². The Balaban J connectivity index is 1.83. The molecule has 0 saturated carbocycles. The summed E-state index contributed by atoms with van der Waals surface area (Å²) < 4.78 is 5.48. The molecule has 0 fully saturated rings. The van der Waals surface area contributed by atoms with E-state index in [2.05, 4.69) is 19.0 Å². The zero-order chi connectivity index (χ0) is 14.2.